The van der Waals surface area contributed by atoms with E-state index in [9.17, 15) is 0 Å². The van der Waals surface area contributed by atoms with Crippen LogP contribution in [0.3, 0.4) is 0 Å². The number of nitrogens with zero attached hydrogens (tertiary/aromatic N) is 2. The summed E-state index contributed by atoms with van der Waals surface area (Å²) in [6.07, 6.45) is 21.8. The molecule has 1 aromatic heterocycles. The predicted octanol–water partition coefficient (Wildman–Crippen LogP) is 7.34. The van der Waals surface area contributed by atoms with Crippen molar-refractivity contribution in [1.29, 1.82) is 0 Å². The topological polar surface area (TPSA) is 27.1 Å². The Labute approximate surface area is 172 Å². The maximum Gasteiger partial charge on any atom is 0.0945 e. The Morgan fingerprint density at radius 1 is 0.857 bits per heavy atom. The Hall–Kier alpha value is -1.61. The lowest BCUT2D eigenvalue weighted by Crippen LogP contribution is -2.07. The smallest absolute Gasteiger partial charge is 0.0945 e. The molecule has 0 radical (unpaired) electrons. The van der Waals surface area contributed by atoms with Gasteiger partial charge in [-0.3, -0.25) is 0 Å². The maximum absolute atomic E-state index is 6.29. The van der Waals surface area contributed by atoms with E-state index in [1.54, 1.807) is 0 Å². The highest BCUT2D eigenvalue weighted by molar-refractivity contribution is 5.17. The van der Waals surface area contributed by atoms with Crippen molar-refractivity contribution in [2.24, 2.45) is 0 Å². The summed E-state index contributed by atoms with van der Waals surface area (Å²) in [6.45, 7) is 4.16. The molecule has 0 saturated carbocycles. The summed E-state index contributed by atoms with van der Waals surface area (Å²) in [5.74, 6) is 0. The van der Waals surface area contributed by atoms with Crippen molar-refractivity contribution in [3.05, 3.63) is 54.6 Å². The molecule has 0 aliphatic carbocycles. The molecule has 2 aromatic rings. The molecule has 3 nitrogen and oxygen atoms in total. The number of unbranched alkanes of at least 4 members (excludes halogenated alkanes) is 9. The van der Waals surface area contributed by atoms with E-state index in [0.717, 1.165) is 26.0 Å². The van der Waals surface area contributed by atoms with Gasteiger partial charge < -0.3 is 9.30 Å². The van der Waals surface area contributed by atoms with Crippen molar-refractivity contribution in [3.8, 4) is 0 Å². The first-order valence-electron chi connectivity index (χ1n) is 11.5. The number of hydrogen-bond acceptors (Lipinski definition) is 2. The highest BCUT2D eigenvalue weighted by Crippen LogP contribution is 2.23. The molecule has 0 amide bonds. The van der Waals surface area contributed by atoms with E-state index in [1.807, 2.05) is 18.7 Å². The Kier molecular flexibility index (Phi) is 12.4. The van der Waals surface area contributed by atoms with Crippen LogP contribution < -0.4 is 0 Å². The second-order valence-electron chi connectivity index (χ2n) is 7.89. The second-order valence-corrected chi connectivity index (χ2v) is 7.89. The molecular weight excluding hydrogens is 344 g/mol. The van der Waals surface area contributed by atoms with Crippen LogP contribution in [-0.2, 0) is 11.3 Å². The molecule has 3 heteroatoms. The summed E-state index contributed by atoms with van der Waals surface area (Å²) in [6, 6.07) is 10.7. The van der Waals surface area contributed by atoms with Crippen LogP contribution in [0.4, 0.5) is 0 Å². The fourth-order valence-corrected chi connectivity index (χ4v) is 3.71. The zero-order chi connectivity index (χ0) is 19.7. The minimum absolute atomic E-state index is 0.211. The lowest BCUT2D eigenvalue weighted by Gasteiger charge is -2.18. The number of imidazole rings is 1. The molecule has 0 N–H and O–H groups in total. The van der Waals surface area contributed by atoms with E-state index in [2.05, 4.69) is 46.8 Å². The van der Waals surface area contributed by atoms with Gasteiger partial charge in [0.15, 0.2) is 0 Å². The minimum atomic E-state index is 0.211. The Balaban J connectivity index is 1.57. The van der Waals surface area contributed by atoms with Crippen LogP contribution >= 0.6 is 0 Å². The van der Waals surface area contributed by atoms with Crippen molar-refractivity contribution in [2.45, 2.75) is 96.6 Å². The van der Waals surface area contributed by atoms with E-state index < -0.39 is 0 Å². The van der Waals surface area contributed by atoms with Gasteiger partial charge in [-0.25, -0.2) is 4.98 Å². The molecule has 0 bridgehead atoms. The molecule has 0 saturated heterocycles. The lowest BCUT2D eigenvalue weighted by molar-refractivity contribution is 0.0418. The van der Waals surface area contributed by atoms with Crippen LogP contribution in [0.1, 0.15) is 95.6 Å². The summed E-state index contributed by atoms with van der Waals surface area (Å²) in [5, 5.41) is 0. The standard InChI is InChI=1S/C25H40N2O/c1-2-3-4-5-6-7-8-9-10-14-22-28-25(24-16-12-11-13-17-24)18-15-20-27-21-19-26-23-27/h11-13,16-17,19,21,23,25H,2-10,14-15,18,20,22H2,1H3. The number of ether oxygens (including phenoxy) is 1. The van der Waals surface area contributed by atoms with E-state index >= 15 is 0 Å². The van der Waals surface area contributed by atoms with E-state index in [0.29, 0.717) is 0 Å². The van der Waals surface area contributed by atoms with Crippen LogP contribution in [0.25, 0.3) is 0 Å². The monoisotopic (exact) mass is 384 g/mol. The molecular formula is C25H40N2O. The fourth-order valence-electron chi connectivity index (χ4n) is 3.71. The largest absolute Gasteiger partial charge is 0.374 e. The Morgan fingerprint density at radius 3 is 2.18 bits per heavy atom. The third-order valence-corrected chi connectivity index (χ3v) is 5.43. The number of hydrogen-bond donors (Lipinski definition) is 0. The van der Waals surface area contributed by atoms with Gasteiger partial charge in [-0.15, -0.1) is 0 Å². The minimum Gasteiger partial charge on any atom is -0.374 e. The molecule has 1 atom stereocenters. The third kappa shape index (κ3) is 10.1. The van der Waals surface area contributed by atoms with Crippen LogP contribution in [0, 0.1) is 0 Å². The number of rotatable bonds is 17. The first-order chi connectivity index (χ1) is 13.9. The highest BCUT2D eigenvalue weighted by atomic mass is 16.5. The molecule has 2 rings (SSSR count). The third-order valence-electron chi connectivity index (χ3n) is 5.43. The van der Waals surface area contributed by atoms with Gasteiger partial charge in [0.25, 0.3) is 0 Å². The predicted molar refractivity (Wildman–Crippen MR) is 118 cm³/mol. The SMILES string of the molecule is CCCCCCCCCCCCOC(CCCn1ccnc1)c1ccccc1. The Bertz CT molecular complexity index is 567. The average molecular weight is 385 g/mol. The van der Waals surface area contributed by atoms with Crippen molar-refractivity contribution < 1.29 is 4.74 Å². The van der Waals surface area contributed by atoms with Crippen molar-refractivity contribution in [3.63, 3.8) is 0 Å². The van der Waals surface area contributed by atoms with Crippen LogP contribution in [-0.4, -0.2) is 16.2 Å². The van der Waals surface area contributed by atoms with Gasteiger partial charge in [-0.05, 0) is 24.8 Å². The summed E-state index contributed by atoms with van der Waals surface area (Å²) in [5.41, 5.74) is 1.31. The second kappa shape index (κ2) is 15.3. The quantitative estimate of drug-likeness (QED) is 0.267. The van der Waals surface area contributed by atoms with E-state index in [-0.39, 0.29) is 6.10 Å². The Morgan fingerprint density at radius 2 is 1.54 bits per heavy atom. The van der Waals surface area contributed by atoms with Gasteiger partial charge in [0, 0.05) is 25.5 Å². The van der Waals surface area contributed by atoms with Gasteiger partial charge in [-0.1, -0.05) is 95.0 Å². The van der Waals surface area contributed by atoms with Gasteiger partial charge in [-0.2, -0.15) is 0 Å². The summed E-state index contributed by atoms with van der Waals surface area (Å²) in [4.78, 5) is 4.12. The van der Waals surface area contributed by atoms with Crippen LogP contribution in [0.15, 0.2) is 49.1 Å². The molecule has 1 unspecified atom stereocenters. The molecule has 1 aromatic carbocycles. The van der Waals surface area contributed by atoms with E-state index in [1.165, 1.54) is 69.8 Å². The number of aromatic nitrogens is 2. The molecule has 0 spiro atoms. The summed E-state index contributed by atoms with van der Waals surface area (Å²) >= 11 is 0. The normalized spacial score (nSPS) is 12.3. The lowest BCUT2D eigenvalue weighted by atomic mass is 10.0. The van der Waals surface area contributed by atoms with Crippen molar-refractivity contribution in [2.75, 3.05) is 6.61 Å². The van der Waals surface area contributed by atoms with E-state index in [4.69, 9.17) is 4.74 Å². The van der Waals surface area contributed by atoms with Crippen LogP contribution in [0.2, 0.25) is 0 Å². The van der Waals surface area contributed by atoms with Crippen molar-refractivity contribution in [1.82, 2.24) is 9.55 Å². The van der Waals surface area contributed by atoms with Gasteiger partial charge >= 0.3 is 0 Å². The van der Waals surface area contributed by atoms with Gasteiger partial charge in [0.1, 0.15) is 0 Å². The van der Waals surface area contributed by atoms with Crippen molar-refractivity contribution >= 4 is 0 Å². The number of benzene rings is 1. The zero-order valence-electron chi connectivity index (χ0n) is 17.9. The average Bonchev–Trinajstić information content (AvgIpc) is 3.25. The highest BCUT2D eigenvalue weighted by Gasteiger charge is 2.11. The first kappa shape index (κ1) is 22.7. The molecule has 0 fully saturated rings. The molecule has 0 aliphatic heterocycles. The molecule has 28 heavy (non-hydrogen) atoms. The first-order valence-corrected chi connectivity index (χ1v) is 11.5. The summed E-state index contributed by atoms with van der Waals surface area (Å²) in [7, 11) is 0. The maximum atomic E-state index is 6.29. The zero-order valence-corrected chi connectivity index (χ0v) is 17.9. The molecule has 1 heterocycles. The summed E-state index contributed by atoms with van der Waals surface area (Å²) < 4.78 is 8.44. The van der Waals surface area contributed by atoms with Crippen LogP contribution in [0.5, 0.6) is 0 Å². The number of aryl methyl sites for hydroxylation is 1. The van der Waals surface area contributed by atoms with Gasteiger partial charge in [0.2, 0.25) is 0 Å². The van der Waals surface area contributed by atoms with Gasteiger partial charge in [0.05, 0.1) is 12.4 Å². The fraction of sp³-hybridized carbons (Fsp3) is 0.640. The molecule has 0 aliphatic rings. The molecule has 156 valence electrons.